The molecule has 0 fully saturated rings. The number of rotatable bonds is 46. The Balaban J connectivity index is 0. The molecular formula is C54H100O14. The fourth-order valence-electron chi connectivity index (χ4n) is 8.67. The van der Waals surface area contributed by atoms with Crippen LogP contribution in [-0.2, 0) is 43.0 Å². The van der Waals surface area contributed by atoms with Gasteiger partial charge in [-0.3, -0.25) is 19.2 Å². The van der Waals surface area contributed by atoms with Crippen molar-refractivity contribution in [1.82, 2.24) is 0 Å². The van der Waals surface area contributed by atoms with Gasteiger partial charge in [0.15, 0.2) is 11.2 Å². The number of carboxylic acid groups (broad SMARTS) is 3. The molecule has 14 heteroatoms. The molecule has 0 heterocycles. The zero-order valence-corrected chi connectivity index (χ0v) is 43.9. The Bertz CT molecular complexity index is 1270. The normalized spacial score (nSPS) is 12.9. The average molecular weight is 973 g/mol. The van der Waals surface area contributed by atoms with E-state index in [9.17, 15) is 54.3 Å². The summed E-state index contributed by atoms with van der Waals surface area (Å²) in [7, 11) is 0. The van der Waals surface area contributed by atoms with Crippen LogP contribution in [0.4, 0.5) is 0 Å². The van der Waals surface area contributed by atoms with Crippen molar-refractivity contribution in [3.8, 4) is 0 Å². The van der Waals surface area contributed by atoms with Gasteiger partial charge in [-0.2, -0.15) is 0 Å². The first-order valence-corrected chi connectivity index (χ1v) is 27.2. The molecule has 0 aromatic rings. The highest BCUT2D eigenvalue weighted by molar-refractivity contribution is 5.93. The van der Waals surface area contributed by atoms with E-state index in [2.05, 4.69) is 41.5 Å². The number of aliphatic hydroxyl groups is 2. The van der Waals surface area contributed by atoms with Crippen molar-refractivity contribution in [3.63, 3.8) is 0 Å². The highest BCUT2D eigenvalue weighted by Gasteiger charge is 2.65. The van der Waals surface area contributed by atoms with E-state index in [0.717, 1.165) is 167 Å². The first-order chi connectivity index (χ1) is 32.5. The second-order valence-corrected chi connectivity index (χ2v) is 19.1. The molecule has 2 unspecified atom stereocenters. The molecule has 0 saturated carbocycles. The summed E-state index contributed by atoms with van der Waals surface area (Å²) in [5.74, 6) is -8.66. The minimum atomic E-state index is -2.87. The summed E-state index contributed by atoms with van der Waals surface area (Å²) < 4.78 is 15.6. The average Bonchev–Trinajstić information content (AvgIpc) is 3.29. The van der Waals surface area contributed by atoms with E-state index < -0.39 is 71.2 Å². The van der Waals surface area contributed by atoms with Crippen LogP contribution in [0.2, 0.25) is 0 Å². The Hall–Kier alpha value is -3.26. The van der Waals surface area contributed by atoms with Crippen LogP contribution < -0.4 is 0 Å². The third-order valence-electron chi connectivity index (χ3n) is 13.0. The molecule has 0 bridgehead atoms. The lowest BCUT2D eigenvalue weighted by Gasteiger charge is -2.45. The summed E-state index contributed by atoms with van der Waals surface area (Å²) >= 11 is 0. The molecule has 0 aliphatic rings. The molecule has 2 atom stereocenters. The van der Waals surface area contributed by atoms with Gasteiger partial charge in [-0.15, -0.1) is 0 Å². The minimum Gasteiger partial charge on any atom is -0.481 e. The lowest BCUT2D eigenvalue weighted by molar-refractivity contribution is -0.207. The number of hydrogen-bond acceptors (Lipinski definition) is 11. The smallest absolute Gasteiger partial charge is 0.339 e. The molecule has 14 nitrogen and oxygen atoms in total. The fourth-order valence-corrected chi connectivity index (χ4v) is 8.67. The van der Waals surface area contributed by atoms with E-state index in [-0.39, 0.29) is 39.1 Å². The van der Waals surface area contributed by atoms with Crippen LogP contribution >= 0.6 is 0 Å². The van der Waals surface area contributed by atoms with Crippen molar-refractivity contribution in [2.75, 3.05) is 19.8 Å². The number of esters is 3. The van der Waals surface area contributed by atoms with E-state index in [1.54, 1.807) is 0 Å². The maximum absolute atomic E-state index is 12.7. The molecule has 0 rings (SSSR count). The van der Waals surface area contributed by atoms with Crippen molar-refractivity contribution >= 4 is 35.8 Å². The Morgan fingerprint density at radius 1 is 0.397 bits per heavy atom. The first-order valence-electron chi connectivity index (χ1n) is 27.2. The summed E-state index contributed by atoms with van der Waals surface area (Å²) in [6.07, 6.45) is 25.8. The van der Waals surface area contributed by atoms with E-state index in [1.165, 1.54) is 0 Å². The molecule has 0 aromatic heterocycles. The van der Waals surface area contributed by atoms with E-state index in [1.807, 2.05) is 0 Å². The second kappa shape index (κ2) is 42.6. The van der Waals surface area contributed by atoms with Crippen LogP contribution in [0.3, 0.4) is 0 Å². The standard InChI is InChI=1S/2C27H50O7/c1-4-7-10-13-16-19-32-24(28)22-27(31,26(30)34-21-18-15-12-9-6-3)23-25(29)33-20-17-14-11-8-5-2;1-4-7-10-13-16-19-22(23(28)29)27(34,25(32)33)26(24(30)31,20-17-14-11-8-5-2)21-18-15-12-9-6-3/h31H,4-23H2,1-3H3;22,34H,4-21H2,1-3H3,(H,28,29)(H,30,31)(H,32,33). The van der Waals surface area contributed by atoms with Crippen LogP contribution in [0.15, 0.2) is 0 Å². The number of carbonyl (C=O) groups is 6. The monoisotopic (exact) mass is 973 g/mol. The third kappa shape index (κ3) is 29.0. The molecule has 5 N–H and O–H groups in total. The SMILES string of the molecule is CCCCCCCC(C(=O)O)C(O)(C(=O)O)C(CCCCCCC)(CCCCCCC)C(=O)O.CCCCCCCOC(=O)CC(O)(CC(=O)OCCCCCCC)C(=O)OCCCCCCC. The van der Waals surface area contributed by atoms with Gasteiger partial charge in [-0.1, -0.05) is 215 Å². The van der Waals surface area contributed by atoms with Crippen LogP contribution in [0, 0.1) is 11.3 Å². The predicted octanol–water partition coefficient (Wildman–Crippen LogP) is 12.7. The van der Waals surface area contributed by atoms with Crippen molar-refractivity contribution in [2.24, 2.45) is 11.3 Å². The van der Waals surface area contributed by atoms with Crippen molar-refractivity contribution in [2.45, 2.75) is 277 Å². The molecule has 0 saturated heterocycles. The molecule has 0 amide bonds. The molecule has 0 aliphatic heterocycles. The van der Waals surface area contributed by atoms with Gasteiger partial charge < -0.3 is 39.7 Å². The second-order valence-electron chi connectivity index (χ2n) is 19.1. The maximum atomic E-state index is 12.7. The first kappa shape index (κ1) is 66.8. The van der Waals surface area contributed by atoms with Gasteiger partial charge in [-0.25, -0.2) is 9.59 Å². The summed E-state index contributed by atoms with van der Waals surface area (Å²) in [5, 5.41) is 53.1. The fraction of sp³-hybridized carbons (Fsp3) is 0.889. The molecule has 400 valence electrons. The largest absolute Gasteiger partial charge is 0.481 e. The summed E-state index contributed by atoms with van der Waals surface area (Å²) in [6.45, 7) is 13.2. The summed E-state index contributed by atoms with van der Waals surface area (Å²) in [6, 6.07) is 0. The Morgan fingerprint density at radius 2 is 0.706 bits per heavy atom. The molecule has 0 aliphatic carbocycles. The van der Waals surface area contributed by atoms with Gasteiger partial charge in [0.1, 0.15) is 5.41 Å². The molecule has 68 heavy (non-hydrogen) atoms. The van der Waals surface area contributed by atoms with Crippen LogP contribution in [0.5, 0.6) is 0 Å². The molecule has 0 aromatic carbocycles. The Kier molecular flexibility index (Phi) is 41.9. The quantitative estimate of drug-likeness (QED) is 0.0217. The summed E-state index contributed by atoms with van der Waals surface area (Å²) in [5.41, 5.74) is -7.18. The van der Waals surface area contributed by atoms with Crippen LogP contribution in [0.1, 0.15) is 266 Å². The number of unbranched alkanes of at least 4 members (excludes halogenated alkanes) is 24. The van der Waals surface area contributed by atoms with Crippen molar-refractivity contribution in [3.05, 3.63) is 0 Å². The predicted molar refractivity (Wildman–Crippen MR) is 267 cm³/mol. The molecule has 0 spiro atoms. The zero-order valence-electron chi connectivity index (χ0n) is 43.9. The maximum Gasteiger partial charge on any atom is 0.339 e. The molecular weight excluding hydrogens is 873 g/mol. The van der Waals surface area contributed by atoms with Gasteiger partial charge >= 0.3 is 35.8 Å². The number of carbonyl (C=O) groups excluding carboxylic acids is 3. The lowest BCUT2D eigenvalue weighted by atomic mass is 9.59. The van der Waals surface area contributed by atoms with Crippen molar-refractivity contribution in [1.29, 1.82) is 0 Å². The van der Waals surface area contributed by atoms with E-state index in [0.29, 0.717) is 25.7 Å². The molecule has 0 radical (unpaired) electrons. The highest BCUT2D eigenvalue weighted by Crippen LogP contribution is 2.48. The summed E-state index contributed by atoms with van der Waals surface area (Å²) in [4.78, 5) is 74.8. The lowest BCUT2D eigenvalue weighted by Crippen LogP contribution is -2.64. The Morgan fingerprint density at radius 3 is 1.01 bits per heavy atom. The minimum absolute atomic E-state index is 0.0394. The highest BCUT2D eigenvalue weighted by atomic mass is 16.6. The zero-order chi connectivity index (χ0) is 51.5. The topological polar surface area (TPSA) is 231 Å². The third-order valence-corrected chi connectivity index (χ3v) is 13.0. The number of hydrogen-bond donors (Lipinski definition) is 5. The Labute approximate surface area is 411 Å². The number of aliphatic carboxylic acids is 3. The van der Waals surface area contributed by atoms with Gasteiger partial charge in [0.05, 0.1) is 38.6 Å². The van der Waals surface area contributed by atoms with Gasteiger partial charge in [0.2, 0.25) is 0 Å². The van der Waals surface area contributed by atoms with Gasteiger partial charge in [0, 0.05) is 0 Å². The van der Waals surface area contributed by atoms with E-state index in [4.69, 9.17) is 14.2 Å². The van der Waals surface area contributed by atoms with E-state index >= 15 is 0 Å². The number of ether oxygens (including phenoxy) is 3. The van der Waals surface area contributed by atoms with Gasteiger partial charge in [0.25, 0.3) is 0 Å². The number of carboxylic acids is 3. The van der Waals surface area contributed by atoms with Gasteiger partial charge in [-0.05, 0) is 38.5 Å². The van der Waals surface area contributed by atoms with Crippen molar-refractivity contribution < 1.29 is 68.5 Å². The van der Waals surface area contributed by atoms with Crippen LogP contribution in [0.25, 0.3) is 0 Å². The van der Waals surface area contributed by atoms with Crippen LogP contribution in [-0.4, -0.2) is 92.4 Å².